The maximum absolute atomic E-state index is 13.4. The fourth-order valence-electron chi connectivity index (χ4n) is 2.16. The molecule has 2 rings (SSSR count). The van der Waals surface area contributed by atoms with Gasteiger partial charge in [-0.2, -0.15) is 0 Å². The molecule has 1 aliphatic rings. The van der Waals surface area contributed by atoms with E-state index < -0.39 is 0 Å². The Morgan fingerprint density at radius 3 is 3.06 bits per heavy atom. The third kappa shape index (κ3) is 3.95. The summed E-state index contributed by atoms with van der Waals surface area (Å²) in [6, 6.07) is 5.19. The van der Waals surface area contributed by atoms with Crippen LogP contribution in [0.2, 0.25) is 5.02 Å². The van der Waals surface area contributed by atoms with E-state index in [2.05, 4.69) is 10.6 Å². The number of nitrogens with one attached hydrogen (secondary N) is 2. The predicted octanol–water partition coefficient (Wildman–Crippen LogP) is 2.71. The van der Waals surface area contributed by atoms with Crippen LogP contribution in [0.1, 0.15) is 24.8 Å². The summed E-state index contributed by atoms with van der Waals surface area (Å²) in [7, 11) is 0. The van der Waals surface area contributed by atoms with E-state index in [9.17, 15) is 4.39 Å². The predicted molar refractivity (Wildman–Crippen MR) is 68.8 cm³/mol. The first kappa shape index (κ1) is 12.8. The first-order valence-corrected chi connectivity index (χ1v) is 6.51. The highest BCUT2D eigenvalue weighted by atomic mass is 35.5. The van der Waals surface area contributed by atoms with Crippen LogP contribution in [0, 0.1) is 5.82 Å². The monoisotopic (exact) mass is 256 g/mol. The van der Waals surface area contributed by atoms with Gasteiger partial charge in [-0.15, -0.1) is 0 Å². The summed E-state index contributed by atoms with van der Waals surface area (Å²) in [5, 5.41) is 7.31. The van der Waals surface area contributed by atoms with E-state index in [1.54, 1.807) is 12.1 Å². The minimum Gasteiger partial charge on any atom is -0.313 e. The van der Waals surface area contributed by atoms with Gasteiger partial charge in [-0.3, -0.25) is 0 Å². The van der Waals surface area contributed by atoms with E-state index in [1.807, 2.05) is 0 Å². The topological polar surface area (TPSA) is 24.1 Å². The lowest BCUT2D eigenvalue weighted by Crippen LogP contribution is -2.41. The Balaban J connectivity index is 1.79. The lowest BCUT2D eigenvalue weighted by atomic mass is 10.1. The van der Waals surface area contributed by atoms with Gasteiger partial charge in [0, 0.05) is 29.7 Å². The molecule has 1 fully saturated rings. The van der Waals surface area contributed by atoms with Crippen molar-refractivity contribution in [3.8, 4) is 0 Å². The van der Waals surface area contributed by atoms with Gasteiger partial charge >= 0.3 is 0 Å². The van der Waals surface area contributed by atoms with Gasteiger partial charge in [-0.25, -0.2) is 4.39 Å². The second kappa shape index (κ2) is 6.34. The van der Waals surface area contributed by atoms with Crippen LogP contribution in [-0.2, 0) is 6.54 Å². The second-order valence-electron chi connectivity index (χ2n) is 4.51. The van der Waals surface area contributed by atoms with Gasteiger partial charge in [-0.1, -0.05) is 18.0 Å². The summed E-state index contributed by atoms with van der Waals surface area (Å²) >= 11 is 5.84. The van der Waals surface area contributed by atoms with Gasteiger partial charge in [0.15, 0.2) is 0 Å². The summed E-state index contributed by atoms with van der Waals surface area (Å²) in [6.45, 7) is 2.51. The molecule has 1 saturated heterocycles. The zero-order valence-corrected chi connectivity index (χ0v) is 10.6. The molecule has 1 aliphatic heterocycles. The number of halogens is 2. The quantitative estimate of drug-likeness (QED) is 0.866. The third-order valence-corrected chi connectivity index (χ3v) is 3.36. The minimum atomic E-state index is -0.196. The first-order chi connectivity index (χ1) is 8.25. The molecule has 1 unspecified atom stereocenters. The average molecular weight is 257 g/mol. The van der Waals surface area contributed by atoms with E-state index in [1.165, 1.54) is 25.3 Å². The van der Waals surface area contributed by atoms with Gasteiger partial charge in [0.2, 0.25) is 0 Å². The third-order valence-electron chi connectivity index (χ3n) is 3.13. The molecular weight excluding hydrogens is 239 g/mol. The fourth-order valence-corrected chi connectivity index (χ4v) is 2.35. The van der Waals surface area contributed by atoms with Crippen molar-refractivity contribution < 1.29 is 4.39 Å². The Labute approximate surface area is 107 Å². The molecule has 94 valence electrons. The van der Waals surface area contributed by atoms with E-state index >= 15 is 0 Å². The molecular formula is C13H18ClFN2. The van der Waals surface area contributed by atoms with Crippen molar-refractivity contribution in [1.29, 1.82) is 0 Å². The Bertz CT molecular complexity index is 364. The van der Waals surface area contributed by atoms with Crippen molar-refractivity contribution in [2.75, 3.05) is 13.1 Å². The molecule has 2 nitrogen and oxygen atoms in total. The Morgan fingerprint density at radius 2 is 2.29 bits per heavy atom. The average Bonchev–Trinajstić information content (AvgIpc) is 2.35. The van der Waals surface area contributed by atoms with Crippen molar-refractivity contribution >= 4 is 11.6 Å². The van der Waals surface area contributed by atoms with E-state index in [0.717, 1.165) is 13.1 Å². The fraction of sp³-hybridized carbons (Fsp3) is 0.538. The van der Waals surface area contributed by atoms with Gasteiger partial charge < -0.3 is 10.6 Å². The lowest BCUT2D eigenvalue weighted by molar-refractivity contribution is 0.382. The molecule has 0 aliphatic carbocycles. The number of hydrogen-bond acceptors (Lipinski definition) is 2. The number of benzene rings is 1. The Hall–Kier alpha value is -0.640. The molecule has 4 heteroatoms. The summed E-state index contributed by atoms with van der Waals surface area (Å²) in [6.07, 6.45) is 3.75. The van der Waals surface area contributed by atoms with Crippen LogP contribution in [0.15, 0.2) is 18.2 Å². The molecule has 0 amide bonds. The maximum atomic E-state index is 13.4. The molecule has 0 bridgehead atoms. The molecule has 1 atom stereocenters. The Morgan fingerprint density at radius 1 is 1.41 bits per heavy atom. The first-order valence-electron chi connectivity index (χ1n) is 6.14. The molecule has 1 heterocycles. The van der Waals surface area contributed by atoms with E-state index in [-0.39, 0.29) is 5.82 Å². The van der Waals surface area contributed by atoms with Crippen LogP contribution in [0.25, 0.3) is 0 Å². The lowest BCUT2D eigenvalue weighted by Gasteiger charge is -2.23. The molecule has 0 spiro atoms. The summed E-state index contributed by atoms with van der Waals surface area (Å²) in [4.78, 5) is 0. The summed E-state index contributed by atoms with van der Waals surface area (Å²) in [5.41, 5.74) is 0.633. The molecule has 2 N–H and O–H groups in total. The van der Waals surface area contributed by atoms with Crippen molar-refractivity contribution in [2.45, 2.75) is 31.8 Å². The molecule has 1 aromatic rings. The van der Waals surface area contributed by atoms with Crippen LogP contribution >= 0.6 is 11.6 Å². The van der Waals surface area contributed by atoms with Crippen LogP contribution in [0.5, 0.6) is 0 Å². The normalized spacial score (nSPS) is 20.5. The highest BCUT2D eigenvalue weighted by molar-refractivity contribution is 6.30. The van der Waals surface area contributed by atoms with Crippen LogP contribution in [-0.4, -0.2) is 19.1 Å². The Kier molecular flexibility index (Phi) is 4.77. The van der Waals surface area contributed by atoms with Crippen LogP contribution < -0.4 is 10.6 Å². The largest absolute Gasteiger partial charge is 0.313 e. The van der Waals surface area contributed by atoms with E-state index in [4.69, 9.17) is 11.6 Å². The van der Waals surface area contributed by atoms with Gasteiger partial charge in [-0.05, 0) is 37.6 Å². The number of hydrogen-bond donors (Lipinski definition) is 2. The molecule has 0 aromatic heterocycles. The standard InChI is InChI=1S/C13H18ClFN2/c14-11-4-5-13(15)10(7-11)8-16-9-12-3-1-2-6-17-12/h4-5,7,12,16-17H,1-3,6,8-9H2. The summed E-state index contributed by atoms with van der Waals surface area (Å²) < 4.78 is 13.4. The van der Waals surface area contributed by atoms with Gasteiger partial charge in [0.1, 0.15) is 5.82 Å². The second-order valence-corrected chi connectivity index (χ2v) is 4.95. The smallest absolute Gasteiger partial charge is 0.127 e. The number of rotatable bonds is 4. The minimum absolute atomic E-state index is 0.196. The molecule has 17 heavy (non-hydrogen) atoms. The van der Waals surface area contributed by atoms with Gasteiger partial charge in [0.05, 0.1) is 0 Å². The van der Waals surface area contributed by atoms with Crippen molar-refractivity contribution in [3.63, 3.8) is 0 Å². The zero-order chi connectivity index (χ0) is 12.1. The molecule has 1 aromatic carbocycles. The highest BCUT2D eigenvalue weighted by Gasteiger charge is 2.11. The molecule has 0 radical (unpaired) electrons. The molecule has 0 saturated carbocycles. The highest BCUT2D eigenvalue weighted by Crippen LogP contribution is 2.14. The summed E-state index contributed by atoms with van der Waals surface area (Å²) in [5.74, 6) is -0.196. The zero-order valence-electron chi connectivity index (χ0n) is 9.81. The van der Waals surface area contributed by atoms with Gasteiger partial charge in [0.25, 0.3) is 0 Å². The van der Waals surface area contributed by atoms with E-state index in [0.29, 0.717) is 23.2 Å². The SMILES string of the molecule is Fc1ccc(Cl)cc1CNCC1CCCCN1. The van der Waals surface area contributed by atoms with Crippen LogP contribution in [0.3, 0.4) is 0 Å². The number of piperidine rings is 1. The van der Waals surface area contributed by atoms with Crippen molar-refractivity contribution in [2.24, 2.45) is 0 Å². The van der Waals surface area contributed by atoms with Crippen LogP contribution in [0.4, 0.5) is 4.39 Å². The maximum Gasteiger partial charge on any atom is 0.127 e. The van der Waals surface area contributed by atoms with Crippen molar-refractivity contribution in [3.05, 3.63) is 34.6 Å². The van der Waals surface area contributed by atoms with Crippen molar-refractivity contribution in [1.82, 2.24) is 10.6 Å².